The molecular formula is C21H21BrN2O3. The second-order valence-electron chi connectivity index (χ2n) is 6.34. The van der Waals surface area contributed by atoms with Crippen LogP contribution >= 0.6 is 15.9 Å². The number of benzene rings is 2. The highest BCUT2D eigenvalue weighted by Crippen LogP contribution is 2.16. The number of nitrogens with zero attached hydrogens (tertiary/aromatic N) is 1. The summed E-state index contributed by atoms with van der Waals surface area (Å²) in [5.41, 5.74) is 2.65. The lowest BCUT2D eigenvalue weighted by Crippen LogP contribution is -2.44. The minimum atomic E-state index is -0.308. The Morgan fingerprint density at radius 3 is 2.48 bits per heavy atom. The molecule has 1 heterocycles. The smallest absolute Gasteiger partial charge is 0.270 e. The van der Waals surface area contributed by atoms with Gasteiger partial charge in [-0.05, 0) is 42.8 Å². The van der Waals surface area contributed by atoms with Crippen LogP contribution in [0, 0.1) is 6.92 Å². The minimum Gasteiger partial charge on any atom is -0.378 e. The van der Waals surface area contributed by atoms with E-state index in [1.807, 2.05) is 43.3 Å². The van der Waals surface area contributed by atoms with Crippen LogP contribution in [0.3, 0.4) is 0 Å². The molecule has 0 aliphatic carbocycles. The van der Waals surface area contributed by atoms with E-state index >= 15 is 0 Å². The Morgan fingerprint density at radius 2 is 1.81 bits per heavy atom. The molecule has 2 aromatic carbocycles. The average molecular weight is 429 g/mol. The van der Waals surface area contributed by atoms with Crippen molar-refractivity contribution in [2.75, 3.05) is 26.3 Å². The second-order valence-corrected chi connectivity index (χ2v) is 7.25. The van der Waals surface area contributed by atoms with E-state index in [0.717, 1.165) is 15.6 Å². The van der Waals surface area contributed by atoms with Crippen molar-refractivity contribution in [2.24, 2.45) is 0 Å². The van der Waals surface area contributed by atoms with Gasteiger partial charge in [0.2, 0.25) is 0 Å². The second kappa shape index (κ2) is 8.97. The molecule has 27 heavy (non-hydrogen) atoms. The molecule has 0 bridgehead atoms. The summed E-state index contributed by atoms with van der Waals surface area (Å²) in [6.45, 7) is 3.98. The molecule has 0 unspecified atom stereocenters. The molecule has 6 heteroatoms. The highest BCUT2D eigenvalue weighted by Gasteiger charge is 2.22. The number of ether oxygens (including phenoxy) is 1. The van der Waals surface area contributed by atoms with Crippen molar-refractivity contribution in [2.45, 2.75) is 6.92 Å². The quantitative estimate of drug-likeness (QED) is 0.759. The predicted octanol–water partition coefficient (Wildman–Crippen LogP) is 3.39. The summed E-state index contributed by atoms with van der Waals surface area (Å²) in [6.07, 6.45) is 1.70. The summed E-state index contributed by atoms with van der Waals surface area (Å²) in [6, 6.07) is 14.8. The first-order valence-electron chi connectivity index (χ1n) is 8.75. The number of carbonyl (C=O) groups is 2. The van der Waals surface area contributed by atoms with Gasteiger partial charge in [0.05, 0.1) is 13.2 Å². The number of morpholine rings is 1. The fourth-order valence-corrected chi connectivity index (χ4v) is 3.17. The highest BCUT2D eigenvalue weighted by atomic mass is 79.9. The van der Waals surface area contributed by atoms with Gasteiger partial charge in [-0.1, -0.05) is 45.8 Å². The molecule has 1 N–H and O–H groups in total. The Kier molecular flexibility index (Phi) is 6.42. The Labute approximate surface area is 167 Å². The summed E-state index contributed by atoms with van der Waals surface area (Å²) in [7, 11) is 0. The number of hydrogen-bond acceptors (Lipinski definition) is 3. The van der Waals surface area contributed by atoms with Gasteiger partial charge in [0.1, 0.15) is 5.70 Å². The summed E-state index contributed by atoms with van der Waals surface area (Å²) in [4.78, 5) is 27.3. The van der Waals surface area contributed by atoms with Gasteiger partial charge in [-0.2, -0.15) is 0 Å². The zero-order valence-corrected chi connectivity index (χ0v) is 16.7. The molecule has 0 radical (unpaired) electrons. The predicted molar refractivity (Wildman–Crippen MR) is 108 cm³/mol. The van der Waals surface area contributed by atoms with Crippen LogP contribution in [-0.2, 0) is 9.53 Å². The molecule has 0 spiro atoms. The van der Waals surface area contributed by atoms with Gasteiger partial charge in [-0.15, -0.1) is 0 Å². The van der Waals surface area contributed by atoms with Crippen LogP contribution in [0.5, 0.6) is 0 Å². The molecule has 0 saturated carbocycles. The van der Waals surface area contributed by atoms with Crippen molar-refractivity contribution in [3.63, 3.8) is 0 Å². The van der Waals surface area contributed by atoms with Crippen LogP contribution in [0.25, 0.3) is 6.08 Å². The summed E-state index contributed by atoms with van der Waals surface area (Å²) in [5, 5.41) is 2.79. The Hall–Kier alpha value is -2.44. The molecule has 1 saturated heterocycles. The number of carbonyl (C=O) groups excluding carboxylic acids is 2. The molecule has 0 aromatic heterocycles. The van der Waals surface area contributed by atoms with Crippen molar-refractivity contribution in [1.82, 2.24) is 10.2 Å². The Morgan fingerprint density at radius 1 is 1.11 bits per heavy atom. The first-order valence-corrected chi connectivity index (χ1v) is 9.54. The third-order valence-electron chi connectivity index (χ3n) is 4.25. The van der Waals surface area contributed by atoms with Crippen LogP contribution in [0.1, 0.15) is 21.5 Å². The van der Waals surface area contributed by atoms with E-state index in [9.17, 15) is 9.59 Å². The van der Waals surface area contributed by atoms with Gasteiger partial charge in [-0.3, -0.25) is 9.59 Å². The van der Waals surface area contributed by atoms with Crippen LogP contribution in [-0.4, -0.2) is 43.0 Å². The molecule has 1 aliphatic heterocycles. The van der Waals surface area contributed by atoms with Crippen LogP contribution in [0.15, 0.2) is 58.7 Å². The monoisotopic (exact) mass is 428 g/mol. The van der Waals surface area contributed by atoms with E-state index in [2.05, 4.69) is 21.2 Å². The molecule has 3 rings (SSSR count). The molecule has 0 atom stereocenters. The van der Waals surface area contributed by atoms with E-state index in [4.69, 9.17) is 4.74 Å². The van der Waals surface area contributed by atoms with Gasteiger partial charge in [0, 0.05) is 23.1 Å². The van der Waals surface area contributed by atoms with Crippen molar-refractivity contribution in [3.05, 3.63) is 75.4 Å². The maximum atomic E-state index is 13.0. The number of nitrogens with one attached hydrogen (secondary N) is 1. The van der Waals surface area contributed by atoms with Crippen LogP contribution in [0.2, 0.25) is 0 Å². The molecule has 2 amide bonds. The van der Waals surface area contributed by atoms with Gasteiger partial charge in [0.15, 0.2) is 0 Å². The number of hydrogen-bond donors (Lipinski definition) is 1. The number of aryl methyl sites for hydroxylation is 1. The lowest BCUT2D eigenvalue weighted by atomic mass is 10.1. The zero-order chi connectivity index (χ0) is 19.2. The van der Waals surface area contributed by atoms with Gasteiger partial charge < -0.3 is 15.0 Å². The van der Waals surface area contributed by atoms with E-state index in [-0.39, 0.29) is 17.5 Å². The summed E-state index contributed by atoms with van der Waals surface area (Å²) < 4.78 is 6.22. The maximum absolute atomic E-state index is 13.0. The summed E-state index contributed by atoms with van der Waals surface area (Å²) in [5.74, 6) is -0.517. The normalized spacial score (nSPS) is 14.7. The highest BCUT2D eigenvalue weighted by molar-refractivity contribution is 9.10. The van der Waals surface area contributed by atoms with Crippen LogP contribution in [0.4, 0.5) is 0 Å². The molecule has 2 aromatic rings. The molecular weight excluding hydrogens is 408 g/mol. The third kappa shape index (κ3) is 5.28. The first kappa shape index (κ1) is 19.3. The zero-order valence-electron chi connectivity index (χ0n) is 15.1. The molecule has 1 aliphatic rings. The largest absolute Gasteiger partial charge is 0.378 e. The standard InChI is InChI=1S/C21H21BrN2O3/c1-15-5-7-17(8-6-15)20(25)23-19(14-16-3-2-4-18(22)13-16)21(26)24-9-11-27-12-10-24/h2-8,13-14H,9-12H2,1H3,(H,23,25)/b19-14-. The number of amides is 2. The van der Waals surface area contributed by atoms with Crippen molar-refractivity contribution in [3.8, 4) is 0 Å². The number of halogens is 1. The van der Waals surface area contributed by atoms with Crippen molar-refractivity contribution >= 4 is 33.8 Å². The van der Waals surface area contributed by atoms with Crippen molar-refractivity contribution in [1.29, 1.82) is 0 Å². The van der Waals surface area contributed by atoms with E-state index in [1.165, 1.54) is 0 Å². The van der Waals surface area contributed by atoms with E-state index in [1.54, 1.807) is 23.1 Å². The van der Waals surface area contributed by atoms with Gasteiger partial charge in [0.25, 0.3) is 11.8 Å². The first-order chi connectivity index (χ1) is 13.0. The van der Waals surface area contributed by atoms with Crippen molar-refractivity contribution < 1.29 is 14.3 Å². The maximum Gasteiger partial charge on any atom is 0.270 e. The topological polar surface area (TPSA) is 58.6 Å². The molecule has 5 nitrogen and oxygen atoms in total. The molecule has 1 fully saturated rings. The van der Waals surface area contributed by atoms with Gasteiger partial charge in [-0.25, -0.2) is 0 Å². The number of rotatable bonds is 4. The SMILES string of the molecule is Cc1ccc(C(=O)N/C(=C\c2cccc(Br)c2)C(=O)N2CCOCC2)cc1. The minimum absolute atomic E-state index is 0.210. The fourth-order valence-electron chi connectivity index (χ4n) is 2.75. The Bertz CT molecular complexity index is 856. The fraction of sp³-hybridized carbons (Fsp3) is 0.238. The van der Waals surface area contributed by atoms with Crippen LogP contribution < -0.4 is 5.32 Å². The van der Waals surface area contributed by atoms with E-state index < -0.39 is 0 Å². The average Bonchev–Trinajstić information content (AvgIpc) is 2.68. The molecule has 140 valence electrons. The Balaban J connectivity index is 1.87. The van der Waals surface area contributed by atoms with Gasteiger partial charge >= 0.3 is 0 Å². The van der Waals surface area contributed by atoms with E-state index in [0.29, 0.717) is 31.9 Å². The summed E-state index contributed by atoms with van der Waals surface area (Å²) >= 11 is 3.43. The lowest BCUT2D eigenvalue weighted by Gasteiger charge is -2.27. The lowest BCUT2D eigenvalue weighted by molar-refractivity contribution is -0.131. The third-order valence-corrected chi connectivity index (χ3v) is 4.74.